The first kappa shape index (κ1) is 20.7. The number of anilines is 1. The highest BCUT2D eigenvalue weighted by molar-refractivity contribution is 6.07. The van der Waals surface area contributed by atoms with Gasteiger partial charge in [0.05, 0.1) is 30.6 Å². The summed E-state index contributed by atoms with van der Waals surface area (Å²) in [5.41, 5.74) is 0.332. The van der Waals surface area contributed by atoms with Crippen molar-refractivity contribution < 1.29 is 29.1 Å². The van der Waals surface area contributed by atoms with Crippen LogP contribution in [0.15, 0.2) is 36.4 Å². The van der Waals surface area contributed by atoms with Gasteiger partial charge in [-0.25, -0.2) is 0 Å². The van der Waals surface area contributed by atoms with Crippen LogP contribution in [0.1, 0.15) is 35.7 Å². The predicted octanol–water partition coefficient (Wildman–Crippen LogP) is 3.44. The van der Waals surface area contributed by atoms with Crippen molar-refractivity contribution in [3.63, 3.8) is 0 Å². The minimum atomic E-state index is -0.964. The number of hydrogen-bond donors (Lipinski definition) is 2. The van der Waals surface area contributed by atoms with Crippen molar-refractivity contribution in [2.75, 3.05) is 19.0 Å². The molecular weight excluding hydrogens is 368 g/mol. The summed E-state index contributed by atoms with van der Waals surface area (Å²) in [5, 5.41) is 23.0. The third-order valence-electron chi connectivity index (χ3n) is 4.06. The van der Waals surface area contributed by atoms with Crippen molar-refractivity contribution in [3.05, 3.63) is 57.6 Å². The van der Waals surface area contributed by atoms with E-state index in [0.717, 1.165) is 6.07 Å². The molecule has 1 amide bonds. The molecule has 2 aromatic rings. The number of benzene rings is 2. The van der Waals surface area contributed by atoms with Crippen molar-refractivity contribution in [2.24, 2.45) is 0 Å². The number of ether oxygens (including phenoxy) is 2. The molecule has 1 atom stereocenters. The van der Waals surface area contributed by atoms with Gasteiger partial charge < -0.3 is 19.9 Å². The number of nitro groups is 1. The Bertz CT molecular complexity index is 894. The van der Waals surface area contributed by atoms with Gasteiger partial charge in [0.25, 0.3) is 11.6 Å². The van der Waals surface area contributed by atoms with Crippen LogP contribution in [0.3, 0.4) is 0 Å². The van der Waals surface area contributed by atoms with Gasteiger partial charge in [-0.2, -0.15) is 0 Å². The fraction of sp³-hybridized carbons (Fsp3) is 0.263. The molecule has 2 aromatic carbocycles. The molecule has 0 fully saturated rings. The molecule has 9 heteroatoms. The number of nitro benzene ring substituents is 1. The van der Waals surface area contributed by atoms with Crippen LogP contribution in [-0.4, -0.2) is 35.6 Å². The molecule has 0 bridgehead atoms. The Hall–Kier alpha value is -3.62. The lowest BCUT2D eigenvalue weighted by Crippen LogP contribution is -2.15. The summed E-state index contributed by atoms with van der Waals surface area (Å²) in [6.45, 7) is 3.55. The largest absolute Gasteiger partial charge is 0.493 e. The van der Waals surface area contributed by atoms with Gasteiger partial charge in [-0.3, -0.25) is 19.7 Å². The van der Waals surface area contributed by atoms with E-state index in [9.17, 15) is 19.7 Å². The molecule has 0 radical (unpaired) electrons. The molecule has 0 aliphatic carbocycles. The molecule has 0 saturated carbocycles. The van der Waals surface area contributed by atoms with Gasteiger partial charge in [-0.15, -0.1) is 0 Å². The van der Waals surface area contributed by atoms with Crippen LogP contribution in [0.2, 0.25) is 0 Å². The second-order valence-electron chi connectivity index (χ2n) is 5.85. The topological polar surface area (TPSA) is 128 Å². The minimum absolute atomic E-state index is 0.167. The van der Waals surface area contributed by atoms with E-state index < -0.39 is 28.4 Å². The molecule has 0 aromatic heterocycles. The number of hydrogen-bond acceptors (Lipinski definition) is 6. The molecule has 148 valence electrons. The number of nitrogens with zero attached hydrogens (tertiary/aromatic N) is 1. The lowest BCUT2D eigenvalue weighted by molar-refractivity contribution is -0.385. The molecule has 9 nitrogen and oxygen atoms in total. The summed E-state index contributed by atoms with van der Waals surface area (Å²) in [6, 6.07) is 8.60. The Morgan fingerprint density at radius 2 is 1.86 bits per heavy atom. The molecule has 2 N–H and O–H groups in total. The SMILES string of the molecule is CCOc1cc([N+](=O)[O-])c(C(=O)Nc2ccc(C(C)C(=O)O)cc2)cc1OC. The van der Waals surface area contributed by atoms with Crippen LogP contribution < -0.4 is 14.8 Å². The lowest BCUT2D eigenvalue weighted by Gasteiger charge is -2.12. The maximum atomic E-state index is 12.6. The number of methoxy groups -OCH3 is 1. The smallest absolute Gasteiger partial charge is 0.310 e. The zero-order valence-corrected chi connectivity index (χ0v) is 15.6. The number of carboxylic acid groups (broad SMARTS) is 1. The first-order chi connectivity index (χ1) is 13.3. The standard InChI is InChI=1S/C19H20N2O7/c1-4-28-17-10-15(21(25)26)14(9-16(17)27-3)18(22)20-13-7-5-12(6-8-13)11(2)19(23)24/h5-11H,4H2,1-3H3,(H,20,22)(H,23,24). The molecule has 0 aliphatic heterocycles. The highest BCUT2D eigenvalue weighted by Crippen LogP contribution is 2.35. The molecular formula is C19H20N2O7. The quantitative estimate of drug-likeness (QED) is 0.523. The van der Waals surface area contributed by atoms with Gasteiger partial charge >= 0.3 is 5.97 Å². The molecule has 1 unspecified atom stereocenters. The highest BCUT2D eigenvalue weighted by Gasteiger charge is 2.25. The Morgan fingerprint density at radius 3 is 2.36 bits per heavy atom. The van der Waals surface area contributed by atoms with Crippen molar-refractivity contribution in [3.8, 4) is 11.5 Å². The van der Waals surface area contributed by atoms with Gasteiger partial charge in [0.2, 0.25) is 0 Å². The normalized spacial score (nSPS) is 11.4. The van der Waals surface area contributed by atoms with E-state index in [-0.39, 0.29) is 23.7 Å². The molecule has 28 heavy (non-hydrogen) atoms. The van der Waals surface area contributed by atoms with Crippen molar-refractivity contribution in [2.45, 2.75) is 19.8 Å². The number of carbonyl (C=O) groups is 2. The van der Waals surface area contributed by atoms with Gasteiger partial charge in [0, 0.05) is 11.8 Å². The summed E-state index contributed by atoms with van der Waals surface area (Å²) in [7, 11) is 1.37. The number of amides is 1. The third-order valence-corrected chi connectivity index (χ3v) is 4.06. The molecule has 0 heterocycles. The fourth-order valence-corrected chi connectivity index (χ4v) is 2.51. The first-order valence-electron chi connectivity index (χ1n) is 8.41. The van der Waals surface area contributed by atoms with Gasteiger partial charge in [0.1, 0.15) is 5.56 Å². The number of aliphatic carboxylic acids is 1. The van der Waals surface area contributed by atoms with Crippen LogP contribution in [-0.2, 0) is 4.79 Å². The number of carbonyl (C=O) groups excluding carboxylic acids is 1. The second-order valence-corrected chi connectivity index (χ2v) is 5.85. The predicted molar refractivity (Wildman–Crippen MR) is 101 cm³/mol. The van der Waals surface area contributed by atoms with Gasteiger partial charge in [0.15, 0.2) is 11.5 Å². The zero-order valence-electron chi connectivity index (χ0n) is 15.6. The van der Waals surface area contributed by atoms with E-state index in [0.29, 0.717) is 11.3 Å². The lowest BCUT2D eigenvalue weighted by atomic mass is 10.0. The van der Waals surface area contributed by atoms with Crippen LogP contribution in [0.25, 0.3) is 0 Å². The Morgan fingerprint density at radius 1 is 1.21 bits per heavy atom. The van der Waals surface area contributed by atoms with E-state index in [1.165, 1.54) is 25.3 Å². The Labute approximate surface area is 161 Å². The van der Waals surface area contributed by atoms with E-state index in [4.69, 9.17) is 14.6 Å². The van der Waals surface area contributed by atoms with Gasteiger partial charge in [-0.05, 0) is 31.5 Å². The summed E-state index contributed by atoms with van der Waals surface area (Å²) in [4.78, 5) is 34.3. The van der Waals surface area contributed by atoms with Crippen LogP contribution in [0.4, 0.5) is 11.4 Å². The van der Waals surface area contributed by atoms with Crippen LogP contribution >= 0.6 is 0 Å². The van der Waals surface area contributed by atoms with Crippen molar-refractivity contribution in [1.29, 1.82) is 0 Å². The summed E-state index contributed by atoms with van der Waals surface area (Å²) < 4.78 is 10.5. The Balaban J connectivity index is 2.32. The first-order valence-corrected chi connectivity index (χ1v) is 8.41. The fourth-order valence-electron chi connectivity index (χ4n) is 2.51. The number of carboxylic acids is 1. The number of nitrogens with one attached hydrogen (secondary N) is 1. The van der Waals surface area contributed by atoms with E-state index in [2.05, 4.69) is 5.32 Å². The summed E-state index contributed by atoms with van der Waals surface area (Å²) in [5.74, 6) is -1.99. The Kier molecular flexibility index (Phi) is 6.54. The van der Waals surface area contributed by atoms with Crippen molar-refractivity contribution >= 4 is 23.3 Å². The van der Waals surface area contributed by atoms with Gasteiger partial charge in [-0.1, -0.05) is 12.1 Å². The average molecular weight is 388 g/mol. The van der Waals surface area contributed by atoms with Crippen LogP contribution in [0, 0.1) is 10.1 Å². The summed E-state index contributed by atoms with van der Waals surface area (Å²) in [6.07, 6.45) is 0. The van der Waals surface area contributed by atoms with Crippen LogP contribution in [0.5, 0.6) is 11.5 Å². The third kappa shape index (κ3) is 4.56. The molecule has 2 rings (SSSR count). The second kappa shape index (κ2) is 8.85. The maximum absolute atomic E-state index is 12.6. The number of rotatable bonds is 8. The molecule has 0 spiro atoms. The van der Waals surface area contributed by atoms with E-state index in [1.807, 2.05) is 0 Å². The summed E-state index contributed by atoms with van der Waals surface area (Å²) >= 11 is 0. The molecule has 0 saturated heterocycles. The minimum Gasteiger partial charge on any atom is -0.493 e. The van der Waals surface area contributed by atoms with Crippen molar-refractivity contribution in [1.82, 2.24) is 0 Å². The van der Waals surface area contributed by atoms with E-state index in [1.54, 1.807) is 26.0 Å². The highest BCUT2D eigenvalue weighted by atomic mass is 16.6. The molecule has 0 aliphatic rings. The monoisotopic (exact) mass is 388 g/mol. The zero-order chi connectivity index (χ0) is 20.8. The maximum Gasteiger partial charge on any atom is 0.310 e. The average Bonchev–Trinajstić information content (AvgIpc) is 2.67. The van der Waals surface area contributed by atoms with E-state index >= 15 is 0 Å².